The van der Waals surface area contributed by atoms with Gasteiger partial charge in [-0.05, 0) is 65.4 Å². The molecule has 1 aliphatic rings. The number of halogens is 2. The van der Waals surface area contributed by atoms with E-state index in [0.29, 0.717) is 27.9 Å². The van der Waals surface area contributed by atoms with E-state index in [1.807, 2.05) is 65.3 Å². The summed E-state index contributed by atoms with van der Waals surface area (Å²) < 4.78 is 15.1. The molecule has 1 atom stereocenters. The number of hydrogen-bond donors (Lipinski definition) is 0. The standard InChI is InChI=1S/C26H17Cl2N2O2PS/c27-18-8-10-19(11-9-18)30-16-22-20-5-2-1-4-17(20)7-13-24(22)31-33(30,34)32-25-14-12-23(28)21-6-3-15-29-26(21)25/h1-15H,16H2. The van der Waals surface area contributed by atoms with E-state index in [-0.39, 0.29) is 0 Å². The minimum atomic E-state index is -3.07. The summed E-state index contributed by atoms with van der Waals surface area (Å²) in [5.74, 6) is 1.27. The largest absolute Gasteiger partial charge is 0.420 e. The molecule has 0 fully saturated rings. The number of aromatic nitrogens is 1. The molecule has 4 aromatic carbocycles. The number of rotatable bonds is 3. The lowest BCUT2D eigenvalue weighted by Gasteiger charge is -2.40. The van der Waals surface area contributed by atoms with Crippen molar-refractivity contribution < 1.29 is 9.05 Å². The van der Waals surface area contributed by atoms with Crippen molar-refractivity contribution in [3.05, 3.63) is 107 Å². The van der Waals surface area contributed by atoms with E-state index in [1.54, 1.807) is 18.3 Å². The van der Waals surface area contributed by atoms with Crippen LogP contribution in [0.2, 0.25) is 10.0 Å². The quantitative estimate of drug-likeness (QED) is 0.222. The van der Waals surface area contributed by atoms with Crippen LogP contribution in [-0.2, 0) is 18.4 Å². The highest BCUT2D eigenvalue weighted by Crippen LogP contribution is 2.59. The van der Waals surface area contributed by atoms with Gasteiger partial charge in [0.1, 0.15) is 11.3 Å². The van der Waals surface area contributed by atoms with E-state index in [4.69, 9.17) is 44.1 Å². The Morgan fingerprint density at radius 3 is 2.53 bits per heavy atom. The predicted octanol–water partition coefficient (Wildman–Crippen LogP) is 8.40. The average Bonchev–Trinajstić information content (AvgIpc) is 2.86. The van der Waals surface area contributed by atoms with E-state index >= 15 is 0 Å². The van der Waals surface area contributed by atoms with Gasteiger partial charge in [-0.1, -0.05) is 53.5 Å². The molecule has 5 aromatic rings. The fraction of sp³-hybridized carbons (Fsp3) is 0.0385. The second kappa shape index (κ2) is 8.44. The summed E-state index contributed by atoms with van der Waals surface area (Å²) in [5, 5.41) is 4.31. The molecule has 0 bridgehead atoms. The first-order valence-electron chi connectivity index (χ1n) is 10.6. The lowest BCUT2D eigenvalue weighted by atomic mass is 10.0. The molecule has 6 rings (SSSR count). The monoisotopic (exact) mass is 522 g/mol. The van der Waals surface area contributed by atoms with Crippen molar-refractivity contribution in [2.45, 2.75) is 6.54 Å². The van der Waals surface area contributed by atoms with Crippen LogP contribution in [0.15, 0.2) is 91.1 Å². The lowest BCUT2D eigenvalue weighted by molar-refractivity contribution is 0.467. The minimum Gasteiger partial charge on any atom is -0.420 e. The van der Waals surface area contributed by atoms with Crippen LogP contribution in [0.4, 0.5) is 5.69 Å². The van der Waals surface area contributed by atoms with Gasteiger partial charge in [0, 0.05) is 39.7 Å². The molecule has 8 heteroatoms. The Bertz CT molecular complexity index is 1610. The maximum atomic E-state index is 6.55. The Morgan fingerprint density at radius 1 is 0.882 bits per heavy atom. The van der Waals surface area contributed by atoms with Crippen LogP contribution in [0.3, 0.4) is 0 Å². The van der Waals surface area contributed by atoms with Crippen LogP contribution in [0.25, 0.3) is 21.7 Å². The van der Waals surface area contributed by atoms with Gasteiger partial charge in [0.25, 0.3) is 0 Å². The van der Waals surface area contributed by atoms with Crippen LogP contribution in [0.5, 0.6) is 11.5 Å². The third-order valence-corrected chi connectivity index (χ3v) is 9.27. The number of fused-ring (bicyclic) bond motifs is 4. The van der Waals surface area contributed by atoms with E-state index < -0.39 is 6.64 Å². The Kier molecular flexibility index (Phi) is 5.39. The maximum Gasteiger partial charge on any atom is 0.395 e. The maximum absolute atomic E-state index is 6.55. The molecular weight excluding hydrogens is 506 g/mol. The summed E-state index contributed by atoms with van der Waals surface area (Å²) in [4.78, 5) is 4.50. The SMILES string of the molecule is S=P1(Oc2ccc(Cl)c3cccnc23)Oc2ccc3ccccc3c2CN1c1ccc(Cl)cc1. The zero-order chi connectivity index (χ0) is 23.3. The van der Waals surface area contributed by atoms with Crippen molar-refractivity contribution in [1.82, 2.24) is 4.98 Å². The molecule has 0 aliphatic carbocycles. The fourth-order valence-corrected chi connectivity index (χ4v) is 7.26. The summed E-state index contributed by atoms with van der Waals surface area (Å²) in [7, 11) is 0. The van der Waals surface area contributed by atoms with Crippen molar-refractivity contribution in [3.8, 4) is 11.5 Å². The van der Waals surface area contributed by atoms with Gasteiger partial charge in [-0.15, -0.1) is 0 Å². The summed E-state index contributed by atoms with van der Waals surface area (Å²) in [6.45, 7) is -2.54. The molecular formula is C26H17Cl2N2O2PS. The predicted molar refractivity (Wildman–Crippen MR) is 144 cm³/mol. The summed E-state index contributed by atoms with van der Waals surface area (Å²) in [5.41, 5.74) is 2.58. The Balaban J connectivity index is 1.52. The highest BCUT2D eigenvalue weighted by molar-refractivity contribution is 8.11. The Hall–Kier alpha value is -2.82. The van der Waals surface area contributed by atoms with Crippen LogP contribution >= 0.6 is 29.8 Å². The molecule has 1 aliphatic heterocycles. The number of nitrogens with zero attached hydrogens (tertiary/aromatic N) is 2. The third-order valence-electron chi connectivity index (χ3n) is 5.83. The second-order valence-corrected chi connectivity index (χ2v) is 11.9. The third kappa shape index (κ3) is 3.70. The topological polar surface area (TPSA) is 34.6 Å². The summed E-state index contributed by atoms with van der Waals surface area (Å²) in [6.07, 6.45) is 1.71. The van der Waals surface area contributed by atoms with Crippen molar-refractivity contribution in [3.63, 3.8) is 0 Å². The van der Waals surface area contributed by atoms with E-state index in [0.717, 1.165) is 33.2 Å². The molecule has 0 N–H and O–H groups in total. The molecule has 34 heavy (non-hydrogen) atoms. The number of benzene rings is 4. The van der Waals surface area contributed by atoms with Gasteiger partial charge in [-0.2, -0.15) is 0 Å². The number of anilines is 1. The molecule has 1 aromatic heterocycles. The highest BCUT2D eigenvalue weighted by atomic mass is 35.5. The van der Waals surface area contributed by atoms with E-state index in [2.05, 4.69) is 17.1 Å². The first-order valence-corrected chi connectivity index (χ1v) is 13.9. The number of hydrogen-bond acceptors (Lipinski definition) is 4. The van der Waals surface area contributed by atoms with Gasteiger partial charge in [-0.25, -0.2) is 0 Å². The molecule has 1 unspecified atom stereocenters. The van der Waals surface area contributed by atoms with Gasteiger partial charge < -0.3 is 9.05 Å². The molecule has 0 saturated heterocycles. The molecule has 0 amide bonds. The van der Waals surface area contributed by atoms with Crippen molar-refractivity contribution in [2.24, 2.45) is 0 Å². The van der Waals surface area contributed by atoms with Crippen molar-refractivity contribution in [2.75, 3.05) is 4.67 Å². The molecule has 0 radical (unpaired) electrons. The summed E-state index contributed by atoms with van der Waals surface area (Å²) in [6, 6.07) is 27.2. The van der Waals surface area contributed by atoms with E-state index in [1.165, 1.54) is 0 Å². The normalized spacial score (nSPS) is 17.4. The molecule has 0 spiro atoms. The number of pyridine rings is 1. The first kappa shape index (κ1) is 21.7. The molecule has 4 nitrogen and oxygen atoms in total. The van der Waals surface area contributed by atoms with Gasteiger partial charge >= 0.3 is 6.64 Å². The van der Waals surface area contributed by atoms with Gasteiger partial charge in [0.2, 0.25) is 0 Å². The molecule has 0 saturated carbocycles. The van der Waals surface area contributed by atoms with Crippen LogP contribution in [0.1, 0.15) is 5.56 Å². The highest BCUT2D eigenvalue weighted by Gasteiger charge is 2.38. The molecule has 168 valence electrons. The van der Waals surface area contributed by atoms with Crippen LogP contribution in [0, 0.1) is 0 Å². The summed E-state index contributed by atoms with van der Waals surface area (Å²) >= 11 is 18.7. The molecule has 2 heterocycles. The zero-order valence-corrected chi connectivity index (χ0v) is 20.9. The first-order chi connectivity index (χ1) is 16.5. The van der Waals surface area contributed by atoms with Crippen molar-refractivity contribution >= 4 is 69.0 Å². The van der Waals surface area contributed by atoms with E-state index in [9.17, 15) is 0 Å². The van der Waals surface area contributed by atoms with Crippen molar-refractivity contribution in [1.29, 1.82) is 0 Å². The second-order valence-electron chi connectivity index (χ2n) is 7.89. The van der Waals surface area contributed by atoms with Gasteiger partial charge in [0.05, 0.1) is 11.6 Å². The Morgan fingerprint density at radius 2 is 1.68 bits per heavy atom. The fourth-order valence-electron chi connectivity index (χ4n) is 4.20. The average molecular weight is 523 g/mol. The Labute approximate surface area is 211 Å². The van der Waals surface area contributed by atoms with Gasteiger partial charge in [0.15, 0.2) is 5.75 Å². The zero-order valence-electron chi connectivity index (χ0n) is 17.7. The minimum absolute atomic E-state index is 0.534. The van der Waals surface area contributed by atoms with Gasteiger partial charge in [-0.3, -0.25) is 9.65 Å². The van der Waals surface area contributed by atoms with Crippen LogP contribution in [-0.4, -0.2) is 4.98 Å². The lowest BCUT2D eigenvalue weighted by Crippen LogP contribution is -2.29. The van der Waals surface area contributed by atoms with Crippen LogP contribution < -0.4 is 13.7 Å². The smallest absolute Gasteiger partial charge is 0.395 e.